The van der Waals surface area contributed by atoms with Crippen molar-refractivity contribution in [3.8, 4) is 0 Å². The van der Waals surface area contributed by atoms with Crippen LogP contribution in [0.4, 0.5) is 4.39 Å². The van der Waals surface area contributed by atoms with Gasteiger partial charge in [0, 0.05) is 35.3 Å². The third-order valence-corrected chi connectivity index (χ3v) is 4.90. The van der Waals surface area contributed by atoms with E-state index in [0.717, 1.165) is 0 Å². The zero-order valence-corrected chi connectivity index (χ0v) is 13.5. The van der Waals surface area contributed by atoms with Gasteiger partial charge in [-0.25, -0.2) is 9.18 Å². The zero-order valence-electron chi connectivity index (χ0n) is 12.7. The number of thiophene rings is 1. The Morgan fingerprint density at radius 3 is 3.04 bits per heavy atom. The van der Waals surface area contributed by atoms with Crippen molar-refractivity contribution in [1.29, 1.82) is 0 Å². The maximum absolute atomic E-state index is 14.3. The molecular formula is C16H17FN2O3S. The molecule has 122 valence electrons. The number of piperazine rings is 1. The maximum Gasteiger partial charge on any atom is 0.348 e. The maximum atomic E-state index is 14.3. The highest BCUT2D eigenvalue weighted by molar-refractivity contribution is 7.21. The fourth-order valence-electron chi connectivity index (χ4n) is 2.73. The molecule has 0 aliphatic carbocycles. The van der Waals surface area contributed by atoms with E-state index in [1.807, 2.05) is 4.90 Å². The minimum Gasteiger partial charge on any atom is -0.462 e. The minimum absolute atomic E-state index is 0.0612. The van der Waals surface area contributed by atoms with Crippen molar-refractivity contribution in [1.82, 2.24) is 10.2 Å². The largest absolute Gasteiger partial charge is 0.462 e. The number of nitrogens with one attached hydrogen (secondary N) is 1. The molecule has 1 saturated heterocycles. The molecule has 1 fully saturated rings. The topological polar surface area (TPSA) is 58.6 Å². The van der Waals surface area contributed by atoms with E-state index in [1.165, 1.54) is 17.4 Å². The summed E-state index contributed by atoms with van der Waals surface area (Å²) < 4.78 is 20.1. The highest BCUT2D eigenvalue weighted by Gasteiger charge is 2.25. The number of benzene rings is 1. The normalized spacial score (nSPS) is 15.7. The van der Waals surface area contributed by atoms with Crippen LogP contribution < -0.4 is 5.32 Å². The molecule has 0 unspecified atom stereocenters. The first-order valence-electron chi connectivity index (χ1n) is 7.46. The van der Waals surface area contributed by atoms with E-state index >= 15 is 0 Å². The zero-order chi connectivity index (χ0) is 16.4. The Morgan fingerprint density at radius 1 is 1.48 bits per heavy atom. The van der Waals surface area contributed by atoms with Crippen LogP contribution >= 0.6 is 11.3 Å². The Balaban J connectivity index is 2.02. The van der Waals surface area contributed by atoms with Crippen LogP contribution in [0.1, 0.15) is 22.2 Å². The average Bonchev–Trinajstić information content (AvgIpc) is 2.88. The van der Waals surface area contributed by atoms with Crippen LogP contribution in [0.2, 0.25) is 0 Å². The van der Waals surface area contributed by atoms with Gasteiger partial charge in [-0.3, -0.25) is 9.69 Å². The van der Waals surface area contributed by atoms with Crippen molar-refractivity contribution in [3.05, 3.63) is 34.5 Å². The number of esters is 1. The van der Waals surface area contributed by atoms with Gasteiger partial charge in [0.1, 0.15) is 10.7 Å². The molecule has 7 heteroatoms. The predicted octanol–water partition coefficient (Wildman–Crippen LogP) is 2.15. The molecule has 1 aromatic carbocycles. The second kappa shape index (κ2) is 6.64. The summed E-state index contributed by atoms with van der Waals surface area (Å²) in [5.41, 5.74) is 0.608. The Labute approximate surface area is 137 Å². The van der Waals surface area contributed by atoms with E-state index in [2.05, 4.69) is 5.32 Å². The van der Waals surface area contributed by atoms with Crippen LogP contribution in [0.3, 0.4) is 0 Å². The molecule has 0 spiro atoms. The van der Waals surface area contributed by atoms with Crippen molar-refractivity contribution in [2.24, 2.45) is 0 Å². The van der Waals surface area contributed by atoms with Crippen LogP contribution in [-0.4, -0.2) is 43.0 Å². The standard InChI is InChI=1S/C16H17FN2O3S/c1-2-22-16(21)15-10(8-19-7-6-18-13(20)9-19)14-11(17)4-3-5-12(14)23-15/h3-5H,2,6-9H2,1H3,(H,18,20). The third kappa shape index (κ3) is 3.20. The van der Waals surface area contributed by atoms with Gasteiger partial charge in [-0.1, -0.05) is 6.07 Å². The second-order valence-electron chi connectivity index (χ2n) is 5.30. The summed E-state index contributed by atoms with van der Waals surface area (Å²) in [6.07, 6.45) is 0. The summed E-state index contributed by atoms with van der Waals surface area (Å²) in [6, 6.07) is 4.80. The number of hydrogen-bond donors (Lipinski definition) is 1. The summed E-state index contributed by atoms with van der Waals surface area (Å²) in [6.45, 7) is 3.82. The Bertz CT molecular complexity index is 759. The van der Waals surface area contributed by atoms with Gasteiger partial charge in [-0.2, -0.15) is 0 Å². The smallest absolute Gasteiger partial charge is 0.348 e. The molecule has 23 heavy (non-hydrogen) atoms. The van der Waals surface area contributed by atoms with E-state index in [0.29, 0.717) is 40.2 Å². The Kier molecular flexibility index (Phi) is 4.58. The molecule has 2 heterocycles. The number of fused-ring (bicyclic) bond motifs is 1. The van der Waals surface area contributed by atoms with E-state index in [9.17, 15) is 14.0 Å². The molecule has 1 amide bonds. The van der Waals surface area contributed by atoms with Crippen LogP contribution in [0.25, 0.3) is 10.1 Å². The number of amides is 1. The summed E-state index contributed by atoms with van der Waals surface area (Å²) in [5.74, 6) is -0.857. The fourth-order valence-corrected chi connectivity index (χ4v) is 3.85. The van der Waals surface area contributed by atoms with Crippen molar-refractivity contribution >= 4 is 33.3 Å². The summed E-state index contributed by atoms with van der Waals surface area (Å²) >= 11 is 1.23. The lowest BCUT2D eigenvalue weighted by atomic mass is 10.1. The molecule has 5 nitrogen and oxygen atoms in total. The first kappa shape index (κ1) is 15.9. The van der Waals surface area contributed by atoms with Gasteiger partial charge >= 0.3 is 5.97 Å². The SMILES string of the molecule is CCOC(=O)c1sc2cccc(F)c2c1CN1CCNC(=O)C1. The fraction of sp³-hybridized carbons (Fsp3) is 0.375. The molecule has 0 radical (unpaired) electrons. The van der Waals surface area contributed by atoms with E-state index < -0.39 is 5.97 Å². The lowest BCUT2D eigenvalue weighted by Crippen LogP contribution is -2.47. The van der Waals surface area contributed by atoms with E-state index in [4.69, 9.17) is 4.74 Å². The van der Waals surface area contributed by atoms with Crippen LogP contribution in [0.15, 0.2) is 18.2 Å². The van der Waals surface area contributed by atoms with Crippen LogP contribution in [-0.2, 0) is 16.1 Å². The van der Waals surface area contributed by atoms with Gasteiger partial charge in [-0.15, -0.1) is 11.3 Å². The van der Waals surface area contributed by atoms with Crippen LogP contribution in [0.5, 0.6) is 0 Å². The third-order valence-electron chi connectivity index (χ3n) is 3.72. The molecule has 0 saturated carbocycles. The highest BCUT2D eigenvalue weighted by Crippen LogP contribution is 2.34. The first-order chi connectivity index (χ1) is 11.1. The molecule has 0 atom stereocenters. The van der Waals surface area contributed by atoms with Gasteiger partial charge in [0.15, 0.2) is 0 Å². The molecule has 1 N–H and O–H groups in total. The van der Waals surface area contributed by atoms with Crippen molar-refractivity contribution in [2.75, 3.05) is 26.2 Å². The Morgan fingerprint density at radius 2 is 2.30 bits per heavy atom. The first-order valence-corrected chi connectivity index (χ1v) is 8.28. The van der Waals surface area contributed by atoms with Gasteiger partial charge in [0.05, 0.1) is 13.2 Å². The predicted molar refractivity (Wildman–Crippen MR) is 86.0 cm³/mol. The Hall–Kier alpha value is -1.99. The van der Waals surface area contributed by atoms with Gasteiger partial charge < -0.3 is 10.1 Å². The number of halogens is 1. The van der Waals surface area contributed by atoms with E-state index in [-0.39, 0.29) is 24.9 Å². The van der Waals surface area contributed by atoms with Crippen molar-refractivity contribution in [3.63, 3.8) is 0 Å². The molecule has 0 bridgehead atoms. The summed E-state index contributed by atoms with van der Waals surface area (Å²) in [4.78, 5) is 26.1. The second-order valence-corrected chi connectivity index (χ2v) is 6.36. The molecule has 1 aromatic heterocycles. The van der Waals surface area contributed by atoms with Crippen molar-refractivity contribution < 1.29 is 18.7 Å². The lowest BCUT2D eigenvalue weighted by molar-refractivity contribution is -0.124. The molecular weight excluding hydrogens is 319 g/mol. The number of rotatable bonds is 4. The van der Waals surface area contributed by atoms with Crippen molar-refractivity contribution in [2.45, 2.75) is 13.5 Å². The van der Waals surface area contributed by atoms with Gasteiger partial charge in [-0.05, 0) is 19.1 Å². The van der Waals surface area contributed by atoms with Gasteiger partial charge in [0.2, 0.25) is 5.91 Å². The number of nitrogens with zero attached hydrogens (tertiary/aromatic N) is 1. The monoisotopic (exact) mass is 336 g/mol. The summed E-state index contributed by atoms with van der Waals surface area (Å²) in [5, 5.41) is 3.20. The van der Waals surface area contributed by atoms with E-state index in [1.54, 1.807) is 19.1 Å². The number of ether oxygens (including phenoxy) is 1. The number of carbonyl (C=O) groups excluding carboxylic acids is 2. The highest BCUT2D eigenvalue weighted by atomic mass is 32.1. The lowest BCUT2D eigenvalue weighted by Gasteiger charge is -2.26. The molecule has 1 aliphatic rings. The van der Waals surface area contributed by atoms with Crippen LogP contribution in [0, 0.1) is 5.82 Å². The molecule has 2 aromatic rings. The average molecular weight is 336 g/mol. The molecule has 1 aliphatic heterocycles. The minimum atomic E-state index is -0.440. The number of carbonyl (C=O) groups is 2. The molecule has 3 rings (SSSR count). The van der Waals surface area contributed by atoms with Gasteiger partial charge in [0.25, 0.3) is 0 Å². The quantitative estimate of drug-likeness (QED) is 0.869. The number of hydrogen-bond acceptors (Lipinski definition) is 5. The summed E-state index contributed by atoms with van der Waals surface area (Å²) in [7, 11) is 0.